The first-order valence-electron chi connectivity index (χ1n) is 3.55. The molecule has 13 heavy (non-hydrogen) atoms. The molecule has 72 valence electrons. The summed E-state index contributed by atoms with van der Waals surface area (Å²) in [4.78, 5) is 1.54. The van der Waals surface area contributed by atoms with E-state index in [0.29, 0.717) is 5.82 Å². The van der Waals surface area contributed by atoms with Gasteiger partial charge in [-0.2, -0.15) is 13.2 Å². The van der Waals surface area contributed by atoms with Gasteiger partial charge in [-0.3, -0.25) is 0 Å². The third-order valence-corrected chi connectivity index (χ3v) is 1.58. The summed E-state index contributed by atoms with van der Waals surface area (Å²) in [6.45, 7) is 2.93. The standard InChI is InChI=1S/C8H9F3N2/c1-6(8(9,10)11)5-7-12-3-4-13(7)2/h3-5,12H,1H2,2H3/b7-5+. The number of alkyl halides is 3. The van der Waals surface area contributed by atoms with Crippen LogP contribution in [0.5, 0.6) is 0 Å². The zero-order valence-corrected chi connectivity index (χ0v) is 7.02. The Labute approximate surface area is 74.0 Å². The SMILES string of the molecule is C=C(/C=C1\NC=CN1C)C(F)(F)F. The van der Waals surface area contributed by atoms with Crippen LogP contribution in [0, 0.1) is 0 Å². The Morgan fingerprint density at radius 2 is 2.23 bits per heavy atom. The average molecular weight is 190 g/mol. The van der Waals surface area contributed by atoms with Gasteiger partial charge in [0.25, 0.3) is 0 Å². The fourth-order valence-electron chi connectivity index (χ4n) is 0.807. The molecule has 0 unspecified atom stereocenters. The van der Waals surface area contributed by atoms with Crippen LogP contribution in [0.1, 0.15) is 0 Å². The minimum Gasteiger partial charge on any atom is -0.347 e. The van der Waals surface area contributed by atoms with E-state index in [2.05, 4.69) is 11.9 Å². The Bertz CT molecular complexity index is 276. The van der Waals surface area contributed by atoms with Crippen molar-refractivity contribution >= 4 is 0 Å². The van der Waals surface area contributed by atoms with E-state index in [1.165, 1.54) is 4.90 Å². The van der Waals surface area contributed by atoms with E-state index >= 15 is 0 Å². The molecule has 1 aliphatic heterocycles. The van der Waals surface area contributed by atoms with Crippen LogP contribution in [0.25, 0.3) is 0 Å². The Morgan fingerprint density at radius 3 is 2.62 bits per heavy atom. The van der Waals surface area contributed by atoms with Gasteiger partial charge < -0.3 is 10.2 Å². The normalized spacial score (nSPS) is 19.4. The predicted molar refractivity (Wildman–Crippen MR) is 43.3 cm³/mol. The van der Waals surface area contributed by atoms with E-state index in [0.717, 1.165) is 6.08 Å². The molecule has 0 bridgehead atoms. The third-order valence-electron chi connectivity index (χ3n) is 1.58. The lowest BCUT2D eigenvalue weighted by Crippen LogP contribution is -2.16. The third kappa shape index (κ3) is 2.27. The molecule has 0 saturated heterocycles. The van der Waals surface area contributed by atoms with Gasteiger partial charge in [-0.05, 0) is 6.08 Å². The molecule has 0 aromatic heterocycles. The summed E-state index contributed by atoms with van der Waals surface area (Å²) in [5, 5.41) is 2.66. The van der Waals surface area contributed by atoms with Crippen LogP contribution < -0.4 is 5.32 Å². The van der Waals surface area contributed by atoms with Crippen LogP contribution in [-0.4, -0.2) is 18.1 Å². The van der Waals surface area contributed by atoms with E-state index in [1.807, 2.05) is 0 Å². The highest BCUT2D eigenvalue weighted by molar-refractivity contribution is 5.26. The number of rotatable bonds is 1. The molecule has 1 N–H and O–H groups in total. The van der Waals surface area contributed by atoms with E-state index in [4.69, 9.17) is 0 Å². The average Bonchev–Trinajstić information content (AvgIpc) is 2.34. The molecular weight excluding hydrogens is 181 g/mol. The predicted octanol–water partition coefficient (Wildman–Crippen LogP) is 1.95. The molecule has 0 aromatic rings. The zero-order valence-electron chi connectivity index (χ0n) is 7.02. The highest BCUT2D eigenvalue weighted by Crippen LogP contribution is 2.26. The maximum atomic E-state index is 12.0. The molecule has 0 radical (unpaired) electrons. The summed E-state index contributed by atoms with van der Waals surface area (Å²) in [5.41, 5.74) is -0.870. The van der Waals surface area contributed by atoms with Crippen LogP contribution >= 0.6 is 0 Å². The Balaban J connectivity index is 2.73. The fourth-order valence-corrected chi connectivity index (χ4v) is 0.807. The molecule has 0 aliphatic carbocycles. The molecule has 5 heteroatoms. The van der Waals surface area contributed by atoms with Gasteiger partial charge in [0.2, 0.25) is 0 Å². The van der Waals surface area contributed by atoms with Gasteiger partial charge in [-0.1, -0.05) is 6.58 Å². The number of nitrogens with one attached hydrogen (secondary N) is 1. The first-order chi connectivity index (χ1) is 5.91. The van der Waals surface area contributed by atoms with Crippen LogP contribution in [0.4, 0.5) is 13.2 Å². The van der Waals surface area contributed by atoms with Crippen molar-refractivity contribution in [2.24, 2.45) is 0 Å². The molecule has 0 saturated carbocycles. The number of allylic oxidation sites excluding steroid dienone is 2. The highest BCUT2D eigenvalue weighted by Gasteiger charge is 2.31. The van der Waals surface area contributed by atoms with E-state index in [1.54, 1.807) is 19.4 Å². The lowest BCUT2D eigenvalue weighted by atomic mass is 10.3. The Kier molecular flexibility index (Phi) is 2.36. The van der Waals surface area contributed by atoms with Crippen molar-refractivity contribution in [3.63, 3.8) is 0 Å². The van der Waals surface area contributed by atoms with Gasteiger partial charge in [0.1, 0.15) is 5.82 Å². The summed E-state index contributed by atoms with van der Waals surface area (Å²) in [7, 11) is 1.64. The lowest BCUT2D eigenvalue weighted by molar-refractivity contribution is -0.0879. The molecule has 1 aliphatic rings. The second-order valence-electron chi connectivity index (χ2n) is 2.62. The second kappa shape index (κ2) is 3.16. The van der Waals surface area contributed by atoms with Gasteiger partial charge in [0.05, 0.1) is 5.57 Å². The van der Waals surface area contributed by atoms with Crippen LogP contribution in [0.15, 0.2) is 36.4 Å². The zero-order chi connectivity index (χ0) is 10.1. The molecule has 0 fully saturated rings. The molecule has 0 amide bonds. The molecule has 0 spiro atoms. The monoisotopic (exact) mass is 190 g/mol. The van der Waals surface area contributed by atoms with Crippen molar-refractivity contribution in [1.29, 1.82) is 0 Å². The molecule has 1 heterocycles. The molecule has 0 atom stereocenters. The molecular formula is C8H9F3N2. The fraction of sp³-hybridized carbons (Fsp3) is 0.250. The Hall–Kier alpha value is -1.39. The van der Waals surface area contributed by atoms with Crippen molar-refractivity contribution in [2.45, 2.75) is 6.18 Å². The summed E-state index contributed by atoms with van der Waals surface area (Å²) < 4.78 is 36.1. The van der Waals surface area contributed by atoms with Gasteiger partial charge in [-0.25, -0.2) is 0 Å². The lowest BCUT2D eigenvalue weighted by Gasteiger charge is -2.12. The van der Waals surface area contributed by atoms with Crippen LogP contribution in [0.2, 0.25) is 0 Å². The van der Waals surface area contributed by atoms with Gasteiger partial charge in [0.15, 0.2) is 0 Å². The minimum atomic E-state index is -4.36. The second-order valence-corrected chi connectivity index (χ2v) is 2.62. The van der Waals surface area contributed by atoms with E-state index in [9.17, 15) is 13.2 Å². The van der Waals surface area contributed by atoms with Gasteiger partial charge in [0, 0.05) is 19.4 Å². The topological polar surface area (TPSA) is 15.3 Å². The van der Waals surface area contributed by atoms with E-state index in [-0.39, 0.29) is 0 Å². The number of halogens is 3. The first-order valence-corrected chi connectivity index (χ1v) is 3.55. The maximum absolute atomic E-state index is 12.0. The molecule has 1 rings (SSSR count). The van der Waals surface area contributed by atoms with Crippen LogP contribution in [-0.2, 0) is 0 Å². The summed E-state index contributed by atoms with van der Waals surface area (Å²) in [6, 6.07) is 0. The van der Waals surface area contributed by atoms with Gasteiger partial charge in [-0.15, -0.1) is 0 Å². The van der Waals surface area contributed by atoms with Crippen molar-refractivity contribution in [2.75, 3.05) is 7.05 Å². The van der Waals surface area contributed by atoms with Gasteiger partial charge >= 0.3 is 6.18 Å². The van der Waals surface area contributed by atoms with Crippen molar-refractivity contribution in [3.05, 3.63) is 36.4 Å². The van der Waals surface area contributed by atoms with Crippen molar-refractivity contribution in [3.8, 4) is 0 Å². The van der Waals surface area contributed by atoms with E-state index < -0.39 is 11.7 Å². The summed E-state index contributed by atoms with van der Waals surface area (Å²) in [6.07, 6.45) is -0.233. The van der Waals surface area contributed by atoms with Crippen LogP contribution in [0.3, 0.4) is 0 Å². The quantitative estimate of drug-likeness (QED) is 0.679. The Morgan fingerprint density at radius 1 is 1.62 bits per heavy atom. The largest absolute Gasteiger partial charge is 0.415 e. The van der Waals surface area contributed by atoms with Crippen molar-refractivity contribution in [1.82, 2.24) is 10.2 Å². The summed E-state index contributed by atoms with van der Waals surface area (Å²) in [5.74, 6) is 0.363. The number of hydrogen-bond acceptors (Lipinski definition) is 2. The summed E-state index contributed by atoms with van der Waals surface area (Å²) >= 11 is 0. The molecule has 0 aromatic carbocycles. The van der Waals surface area contributed by atoms with Crippen molar-refractivity contribution < 1.29 is 13.2 Å². The number of nitrogens with zero attached hydrogens (tertiary/aromatic N) is 1. The smallest absolute Gasteiger partial charge is 0.347 e. The maximum Gasteiger partial charge on any atom is 0.415 e. The number of hydrogen-bond donors (Lipinski definition) is 1. The highest BCUT2D eigenvalue weighted by atomic mass is 19.4. The minimum absolute atomic E-state index is 0.363. The molecule has 2 nitrogen and oxygen atoms in total. The first kappa shape index (κ1) is 9.70.